The van der Waals surface area contributed by atoms with Crippen molar-refractivity contribution in [3.8, 4) is 6.07 Å². The van der Waals surface area contributed by atoms with E-state index in [-0.39, 0.29) is 0 Å². The van der Waals surface area contributed by atoms with Gasteiger partial charge in [0, 0.05) is 20.2 Å². The third kappa shape index (κ3) is 6.03. The molecular formula is C13H18N2O2. The van der Waals surface area contributed by atoms with Crippen LogP contribution < -0.4 is 5.32 Å². The molecule has 4 nitrogen and oxygen atoms in total. The lowest BCUT2D eigenvalue weighted by molar-refractivity contribution is 0.0719. The van der Waals surface area contributed by atoms with Gasteiger partial charge >= 0.3 is 0 Å². The van der Waals surface area contributed by atoms with Crippen molar-refractivity contribution < 1.29 is 9.47 Å². The van der Waals surface area contributed by atoms with Crippen molar-refractivity contribution in [1.29, 1.82) is 5.26 Å². The van der Waals surface area contributed by atoms with Gasteiger partial charge in [-0.05, 0) is 17.7 Å². The van der Waals surface area contributed by atoms with E-state index in [0.29, 0.717) is 25.4 Å². The molecule has 0 bridgehead atoms. The summed E-state index contributed by atoms with van der Waals surface area (Å²) in [6.45, 7) is 3.55. The van der Waals surface area contributed by atoms with E-state index in [9.17, 15) is 0 Å². The predicted octanol–water partition coefficient (Wildman–Crippen LogP) is 1.31. The number of hydrogen-bond donors (Lipinski definition) is 1. The Labute approximate surface area is 102 Å². The van der Waals surface area contributed by atoms with Crippen LogP contribution in [0.4, 0.5) is 0 Å². The zero-order chi connectivity index (χ0) is 12.3. The summed E-state index contributed by atoms with van der Waals surface area (Å²) in [5.74, 6) is 0. The summed E-state index contributed by atoms with van der Waals surface area (Å²) in [5, 5.41) is 11.9. The first-order valence-corrected chi connectivity index (χ1v) is 5.63. The molecule has 1 aromatic carbocycles. The van der Waals surface area contributed by atoms with E-state index in [1.165, 1.54) is 5.56 Å². The Morgan fingerprint density at radius 3 is 2.59 bits per heavy atom. The Bertz CT molecular complexity index is 343. The molecule has 0 spiro atoms. The van der Waals surface area contributed by atoms with Crippen LogP contribution in [0.25, 0.3) is 0 Å². The molecule has 0 aromatic heterocycles. The molecule has 0 heterocycles. The number of nitriles is 1. The van der Waals surface area contributed by atoms with Gasteiger partial charge in [-0.1, -0.05) is 12.1 Å². The number of nitrogens with one attached hydrogen (secondary N) is 1. The van der Waals surface area contributed by atoms with Gasteiger partial charge < -0.3 is 14.8 Å². The fourth-order valence-electron chi connectivity index (χ4n) is 1.32. The third-order valence-corrected chi connectivity index (χ3v) is 2.27. The molecule has 0 amide bonds. The molecule has 1 aromatic rings. The van der Waals surface area contributed by atoms with E-state index in [2.05, 4.69) is 11.4 Å². The minimum atomic E-state index is 0.634. The highest BCUT2D eigenvalue weighted by atomic mass is 16.5. The van der Waals surface area contributed by atoms with E-state index in [1.807, 2.05) is 24.3 Å². The minimum absolute atomic E-state index is 0.634. The van der Waals surface area contributed by atoms with Gasteiger partial charge in [-0.3, -0.25) is 0 Å². The lowest BCUT2D eigenvalue weighted by Gasteiger charge is -2.06. The highest BCUT2D eigenvalue weighted by Crippen LogP contribution is 2.02. The van der Waals surface area contributed by atoms with Crippen LogP contribution in [-0.2, 0) is 16.0 Å². The molecule has 0 aliphatic rings. The second-order valence-electron chi connectivity index (χ2n) is 3.59. The van der Waals surface area contributed by atoms with Crippen molar-refractivity contribution in [2.45, 2.75) is 6.54 Å². The van der Waals surface area contributed by atoms with E-state index in [1.54, 1.807) is 7.11 Å². The Morgan fingerprint density at radius 1 is 1.18 bits per heavy atom. The molecule has 1 N–H and O–H groups in total. The molecule has 0 atom stereocenters. The number of nitrogens with zero attached hydrogens (tertiary/aromatic N) is 1. The molecule has 0 saturated carbocycles. The Kier molecular flexibility index (Phi) is 6.99. The highest BCUT2D eigenvalue weighted by molar-refractivity contribution is 5.31. The van der Waals surface area contributed by atoms with Gasteiger partial charge in [0.15, 0.2) is 0 Å². The van der Waals surface area contributed by atoms with E-state index in [0.717, 1.165) is 13.1 Å². The van der Waals surface area contributed by atoms with E-state index < -0.39 is 0 Å². The quantitative estimate of drug-likeness (QED) is 0.689. The zero-order valence-corrected chi connectivity index (χ0v) is 10.1. The van der Waals surface area contributed by atoms with Gasteiger partial charge in [0.05, 0.1) is 31.5 Å². The van der Waals surface area contributed by atoms with E-state index in [4.69, 9.17) is 14.7 Å². The predicted molar refractivity (Wildman–Crippen MR) is 65.6 cm³/mol. The average molecular weight is 234 g/mol. The summed E-state index contributed by atoms with van der Waals surface area (Å²) in [6.07, 6.45) is 0. The normalized spacial score (nSPS) is 10.1. The maximum atomic E-state index is 8.65. The number of hydrogen-bond acceptors (Lipinski definition) is 4. The number of methoxy groups -OCH3 is 1. The van der Waals surface area contributed by atoms with Crippen molar-refractivity contribution in [3.05, 3.63) is 35.4 Å². The smallest absolute Gasteiger partial charge is 0.0991 e. The lowest BCUT2D eigenvalue weighted by Crippen LogP contribution is -2.20. The lowest BCUT2D eigenvalue weighted by atomic mass is 10.1. The summed E-state index contributed by atoms with van der Waals surface area (Å²) in [7, 11) is 1.66. The van der Waals surface area contributed by atoms with Crippen molar-refractivity contribution in [1.82, 2.24) is 5.32 Å². The molecule has 1 rings (SSSR count). The SMILES string of the molecule is COCCOCCNCc1ccc(C#N)cc1. The fraction of sp³-hybridized carbons (Fsp3) is 0.462. The first kappa shape index (κ1) is 13.7. The standard InChI is InChI=1S/C13H18N2O2/c1-16-8-9-17-7-6-15-11-13-4-2-12(10-14)3-5-13/h2-5,15H,6-9,11H2,1H3. The van der Waals surface area contributed by atoms with Crippen molar-refractivity contribution >= 4 is 0 Å². The molecule has 0 unspecified atom stereocenters. The summed E-state index contributed by atoms with van der Waals surface area (Å²) < 4.78 is 10.2. The molecule has 0 saturated heterocycles. The number of ether oxygens (including phenoxy) is 2. The van der Waals surface area contributed by atoms with Gasteiger partial charge in [-0.25, -0.2) is 0 Å². The first-order chi connectivity index (χ1) is 8.36. The van der Waals surface area contributed by atoms with Crippen LogP contribution in [0.2, 0.25) is 0 Å². The Balaban J connectivity index is 2.08. The van der Waals surface area contributed by atoms with Gasteiger partial charge in [0.1, 0.15) is 0 Å². The van der Waals surface area contributed by atoms with Gasteiger partial charge in [-0.2, -0.15) is 5.26 Å². The minimum Gasteiger partial charge on any atom is -0.382 e. The van der Waals surface area contributed by atoms with Crippen LogP contribution in [0.5, 0.6) is 0 Å². The van der Waals surface area contributed by atoms with Gasteiger partial charge in [-0.15, -0.1) is 0 Å². The Hall–Kier alpha value is -1.41. The summed E-state index contributed by atoms with van der Waals surface area (Å²) in [5.41, 5.74) is 1.86. The average Bonchev–Trinajstić information content (AvgIpc) is 2.38. The molecule has 0 fully saturated rings. The van der Waals surface area contributed by atoms with Crippen LogP contribution in [0.1, 0.15) is 11.1 Å². The molecular weight excluding hydrogens is 216 g/mol. The van der Waals surface area contributed by atoms with E-state index >= 15 is 0 Å². The second kappa shape index (κ2) is 8.71. The molecule has 0 aliphatic heterocycles. The number of rotatable bonds is 8. The monoisotopic (exact) mass is 234 g/mol. The fourth-order valence-corrected chi connectivity index (χ4v) is 1.32. The Morgan fingerprint density at radius 2 is 1.94 bits per heavy atom. The van der Waals surface area contributed by atoms with Crippen molar-refractivity contribution in [2.75, 3.05) is 33.5 Å². The molecule has 0 radical (unpaired) electrons. The largest absolute Gasteiger partial charge is 0.382 e. The van der Waals surface area contributed by atoms with Gasteiger partial charge in [0.2, 0.25) is 0 Å². The van der Waals surface area contributed by atoms with Crippen LogP contribution in [-0.4, -0.2) is 33.5 Å². The first-order valence-electron chi connectivity index (χ1n) is 5.63. The molecule has 92 valence electrons. The maximum absolute atomic E-state index is 8.65. The zero-order valence-electron chi connectivity index (χ0n) is 10.1. The van der Waals surface area contributed by atoms with Gasteiger partial charge in [0.25, 0.3) is 0 Å². The van der Waals surface area contributed by atoms with Crippen LogP contribution in [0, 0.1) is 11.3 Å². The van der Waals surface area contributed by atoms with Crippen LogP contribution in [0.15, 0.2) is 24.3 Å². The van der Waals surface area contributed by atoms with Crippen LogP contribution >= 0.6 is 0 Å². The molecule has 0 aliphatic carbocycles. The molecule has 4 heteroatoms. The summed E-state index contributed by atoms with van der Waals surface area (Å²) >= 11 is 0. The highest BCUT2D eigenvalue weighted by Gasteiger charge is 1.94. The number of benzene rings is 1. The molecule has 17 heavy (non-hydrogen) atoms. The van der Waals surface area contributed by atoms with Crippen molar-refractivity contribution in [2.24, 2.45) is 0 Å². The topological polar surface area (TPSA) is 54.3 Å². The second-order valence-corrected chi connectivity index (χ2v) is 3.59. The van der Waals surface area contributed by atoms with Crippen molar-refractivity contribution in [3.63, 3.8) is 0 Å². The summed E-state index contributed by atoms with van der Waals surface area (Å²) in [6, 6.07) is 9.66. The maximum Gasteiger partial charge on any atom is 0.0991 e. The summed E-state index contributed by atoms with van der Waals surface area (Å²) in [4.78, 5) is 0. The third-order valence-electron chi connectivity index (χ3n) is 2.27. The van der Waals surface area contributed by atoms with Crippen LogP contribution in [0.3, 0.4) is 0 Å².